The number of benzene rings is 2. The topological polar surface area (TPSA) is 66.4 Å². The average molecular weight is 414 g/mol. The molecule has 160 valence electrons. The smallest absolute Gasteiger partial charge is 0.427 e. The Labute approximate surface area is 176 Å². The highest BCUT2D eigenvalue weighted by Crippen LogP contribution is 2.23. The predicted molar refractivity (Wildman–Crippen MR) is 115 cm³/mol. The highest BCUT2D eigenvalue weighted by atomic mass is 19.1. The number of nitrogens with one attached hydrogen (secondary N) is 1. The van der Waals surface area contributed by atoms with Crippen molar-refractivity contribution in [1.82, 2.24) is 10.3 Å². The van der Waals surface area contributed by atoms with E-state index >= 15 is 0 Å². The molecule has 0 saturated carbocycles. The fourth-order valence-electron chi connectivity index (χ4n) is 3.38. The van der Waals surface area contributed by atoms with E-state index in [4.69, 9.17) is 9.47 Å². The van der Waals surface area contributed by atoms with Crippen molar-refractivity contribution in [1.29, 1.82) is 0 Å². The SMILES string of the molecule is CCOC(=O)N/N=C/c1ccc(OC)c(CN2CCN(c3ccc(F)cc3)CC2)c1. The number of ether oxygens (including phenoxy) is 2. The van der Waals surface area contributed by atoms with E-state index in [1.165, 1.54) is 12.1 Å². The minimum Gasteiger partial charge on any atom is -0.496 e. The Kier molecular flexibility index (Phi) is 7.62. The van der Waals surface area contributed by atoms with Crippen LogP contribution >= 0.6 is 0 Å². The van der Waals surface area contributed by atoms with Gasteiger partial charge >= 0.3 is 6.09 Å². The first-order chi connectivity index (χ1) is 14.6. The highest BCUT2D eigenvalue weighted by molar-refractivity contribution is 5.81. The minimum absolute atomic E-state index is 0.217. The average Bonchev–Trinajstić information content (AvgIpc) is 2.75. The van der Waals surface area contributed by atoms with Gasteiger partial charge in [-0.2, -0.15) is 5.10 Å². The number of hydrazone groups is 1. The third kappa shape index (κ3) is 5.93. The summed E-state index contributed by atoms with van der Waals surface area (Å²) in [5.41, 5.74) is 5.27. The monoisotopic (exact) mass is 414 g/mol. The molecule has 1 aliphatic rings. The zero-order chi connectivity index (χ0) is 21.3. The van der Waals surface area contributed by atoms with E-state index in [0.717, 1.165) is 55.3 Å². The summed E-state index contributed by atoms with van der Waals surface area (Å²) < 4.78 is 23.4. The van der Waals surface area contributed by atoms with Gasteiger partial charge in [0.15, 0.2) is 0 Å². The number of anilines is 1. The maximum absolute atomic E-state index is 13.1. The summed E-state index contributed by atoms with van der Waals surface area (Å²) in [6, 6.07) is 12.4. The molecule has 1 saturated heterocycles. The van der Waals surface area contributed by atoms with E-state index in [9.17, 15) is 9.18 Å². The van der Waals surface area contributed by atoms with Crippen LogP contribution in [0.2, 0.25) is 0 Å². The number of rotatable bonds is 7. The van der Waals surface area contributed by atoms with Gasteiger partial charge in [-0.3, -0.25) is 4.90 Å². The maximum atomic E-state index is 13.1. The standard InChI is InChI=1S/C22H27FN4O3/c1-3-30-22(28)25-24-15-17-4-9-21(29-2)18(14-17)16-26-10-12-27(13-11-26)20-7-5-19(23)6-8-20/h4-9,14-15H,3,10-13,16H2,1-2H3,(H,25,28)/b24-15+. The van der Waals surface area contributed by atoms with Crippen molar-refractivity contribution >= 4 is 18.0 Å². The number of halogens is 1. The number of methoxy groups -OCH3 is 1. The lowest BCUT2D eigenvalue weighted by molar-refractivity contribution is 0.152. The van der Waals surface area contributed by atoms with E-state index in [1.54, 1.807) is 20.2 Å². The zero-order valence-corrected chi connectivity index (χ0v) is 17.3. The van der Waals surface area contributed by atoms with E-state index < -0.39 is 6.09 Å². The second-order valence-electron chi connectivity index (χ2n) is 6.90. The molecule has 0 atom stereocenters. The first-order valence-electron chi connectivity index (χ1n) is 9.94. The molecule has 2 aromatic carbocycles. The molecule has 30 heavy (non-hydrogen) atoms. The van der Waals surface area contributed by atoms with Crippen molar-refractivity contribution in [2.45, 2.75) is 13.5 Å². The molecular formula is C22H27FN4O3. The molecule has 0 spiro atoms. The number of nitrogens with zero attached hydrogens (tertiary/aromatic N) is 3. The third-order valence-electron chi connectivity index (χ3n) is 4.91. The Morgan fingerprint density at radius 1 is 1.17 bits per heavy atom. The van der Waals surface area contributed by atoms with Crippen molar-refractivity contribution in [2.24, 2.45) is 5.10 Å². The molecule has 0 bridgehead atoms. The fourth-order valence-corrected chi connectivity index (χ4v) is 3.38. The number of hydrogen-bond acceptors (Lipinski definition) is 6. The van der Waals surface area contributed by atoms with E-state index in [0.29, 0.717) is 6.61 Å². The second kappa shape index (κ2) is 10.6. The van der Waals surface area contributed by atoms with Gasteiger partial charge in [-0.05, 0) is 55.0 Å². The number of carbonyl (C=O) groups is 1. The first-order valence-corrected chi connectivity index (χ1v) is 9.94. The molecule has 3 rings (SSSR count). The van der Waals surface area contributed by atoms with Gasteiger partial charge in [-0.1, -0.05) is 0 Å². The normalized spacial score (nSPS) is 14.7. The highest BCUT2D eigenvalue weighted by Gasteiger charge is 2.18. The summed E-state index contributed by atoms with van der Waals surface area (Å²) in [5.74, 6) is 0.594. The molecule has 1 heterocycles. The van der Waals surface area contributed by atoms with Gasteiger partial charge < -0.3 is 14.4 Å². The van der Waals surface area contributed by atoms with Gasteiger partial charge in [-0.25, -0.2) is 14.6 Å². The maximum Gasteiger partial charge on any atom is 0.427 e. The van der Waals surface area contributed by atoms with E-state index in [-0.39, 0.29) is 5.82 Å². The minimum atomic E-state index is -0.582. The quantitative estimate of drug-likeness (QED) is 0.557. The summed E-state index contributed by atoms with van der Waals surface area (Å²) in [7, 11) is 1.65. The molecule has 2 aromatic rings. The van der Waals surface area contributed by atoms with Crippen LogP contribution in [0.15, 0.2) is 47.6 Å². The van der Waals surface area contributed by atoms with Crippen LogP contribution in [0.1, 0.15) is 18.1 Å². The molecule has 1 aliphatic heterocycles. The predicted octanol–water partition coefficient (Wildman–Crippen LogP) is 3.24. The molecule has 1 amide bonds. The third-order valence-corrected chi connectivity index (χ3v) is 4.91. The van der Waals surface area contributed by atoms with Gasteiger partial charge in [0.1, 0.15) is 11.6 Å². The molecule has 0 aliphatic carbocycles. The van der Waals surface area contributed by atoms with Crippen molar-refractivity contribution in [3.63, 3.8) is 0 Å². The molecule has 8 heteroatoms. The summed E-state index contributed by atoms with van der Waals surface area (Å²) >= 11 is 0. The molecule has 0 aromatic heterocycles. The van der Waals surface area contributed by atoms with Crippen molar-refractivity contribution in [2.75, 3.05) is 44.8 Å². The lowest BCUT2D eigenvalue weighted by atomic mass is 10.1. The van der Waals surface area contributed by atoms with Gasteiger partial charge in [0.2, 0.25) is 0 Å². The van der Waals surface area contributed by atoms with Crippen LogP contribution in [0.25, 0.3) is 0 Å². The Bertz CT molecular complexity index is 865. The molecule has 1 fully saturated rings. The van der Waals surface area contributed by atoms with Crippen LogP contribution < -0.4 is 15.1 Å². The van der Waals surface area contributed by atoms with Crippen LogP contribution in [0, 0.1) is 5.82 Å². The Morgan fingerprint density at radius 3 is 2.57 bits per heavy atom. The fraction of sp³-hybridized carbons (Fsp3) is 0.364. The summed E-state index contributed by atoms with van der Waals surface area (Å²) in [6.07, 6.45) is 0.994. The van der Waals surface area contributed by atoms with Crippen LogP contribution in [-0.2, 0) is 11.3 Å². The van der Waals surface area contributed by atoms with Gasteiger partial charge in [0, 0.05) is 44.0 Å². The van der Waals surface area contributed by atoms with Crippen molar-refractivity contribution in [3.8, 4) is 5.75 Å². The van der Waals surface area contributed by atoms with Crippen LogP contribution in [0.3, 0.4) is 0 Å². The van der Waals surface area contributed by atoms with Gasteiger partial charge in [0.05, 0.1) is 19.9 Å². The summed E-state index contributed by atoms with van der Waals surface area (Å²) in [6.45, 7) is 6.30. The Morgan fingerprint density at radius 2 is 1.90 bits per heavy atom. The number of piperazine rings is 1. The van der Waals surface area contributed by atoms with Crippen molar-refractivity contribution in [3.05, 3.63) is 59.4 Å². The largest absolute Gasteiger partial charge is 0.496 e. The molecule has 7 nitrogen and oxygen atoms in total. The van der Waals surface area contributed by atoms with E-state index in [1.807, 2.05) is 30.3 Å². The summed E-state index contributed by atoms with van der Waals surface area (Å²) in [5, 5.41) is 3.92. The lowest BCUT2D eigenvalue weighted by Crippen LogP contribution is -2.46. The number of hydrogen-bond donors (Lipinski definition) is 1. The lowest BCUT2D eigenvalue weighted by Gasteiger charge is -2.36. The summed E-state index contributed by atoms with van der Waals surface area (Å²) in [4.78, 5) is 15.9. The molecule has 0 radical (unpaired) electrons. The van der Waals surface area contributed by atoms with Crippen LogP contribution in [0.5, 0.6) is 5.75 Å². The Hall–Kier alpha value is -3.13. The van der Waals surface area contributed by atoms with E-state index in [2.05, 4.69) is 20.3 Å². The molecular weight excluding hydrogens is 387 g/mol. The first kappa shape index (κ1) is 21.6. The Balaban J connectivity index is 1.59. The van der Waals surface area contributed by atoms with Crippen LogP contribution in [-0.4, -0.2) is 57.1 Å². The molecule has 0 unspecified atom stereocenters. The molecule has 1 N–H and O–H groups in total. The number of amides is 1. The van der Waals surface area contributed by atoms with Crippen molar-refractivity contribution < 1.29 is 18.7 Å². The zero-order valence-electron chi connectivity index (χ0n) is 17.3. The van der Waals surface area contributed by atoms with Crippen LogP contribution in [0.4, 0.5) is 14.9 Å². The van der Waals surface area contributed by atoms with Gasteiger partial charge in [-0.15, -0.1) is 0 Å². The number of carbonyl (C=O) groups excluding carboxylic acids is 1. The second-order valence-corrected chi connectivity index (χ2v) is 6.90. The van der Waals surface area contributed by atoms with Gasteiger partial charge in [0.25, 0.3) is 0 Å².